The normalized spacial score (nSPS) is 12.6. The smallest absolute Gasteiger partial charge is 0.357 e. The quantitative estimate of drug-likeness (QED) is 0.0102. The van der Waals surface area contributed by atoms with Gasteiger partial charge in [-0.2, -0.15) is 20.3 Å². The van der Waals surface area contributed by atoms with Gasteiger partial charge in [0.05, 0.1) is 92.1 Å². The number of aliphatic hydroxyl groups is 6. The lowest BCUT2D eigenvalue weighted by Crippen LogP contribution is -2.34. The fourth-order valence-electron chi connectivity index (χ4n) is 9.83. The molecule has 1 fully saturated rings. The van der Waals surface area contributed by atoms with Crippen molar-refractivity contribution in [3.8, 4) is 11.5 Å². The van der Waals surface area contributed by atoms with E-state index >= 15 is 0 Å². The number of aliphatic hydroxyl groups excluding tert-OH is 6. The second-order valence-electron chi connectivity index (χ2n) is 21.0. The van der Waals surface area contributed by atoms with Crippen LogP contribution in [0, 0.1) is 5.41 Å². The van der Waals surface area contributed by atoms with Crippen LogP contribution in [-0.4, -0.2) is 235 Å². The average Bonchev–Trinajstić information content (AvgIpc) is 0.946. The molecule has 0 atom stereocenters. The van der Waals surface area contributed by atoms with E-state index in [1.165, 1.54) is 24.8 Å². The molecule has 0 bridgehead atoms. The van der Waals surface area contributed by atoms with E-state index < -0.39 is 17.5 Å². The van der Waals surface area contributed by atoms with Gasteiger partial charge in [0.1, 0.15) is 22.5 Å². The van der Waals surface area contributed by atoms with Crippen LogP contribution in [0.1, 0.15) is 74.1 Å². The number of hydrogen-bond donors (Lipinski definition) is 18. The maximum absolute atomic E-state index is 13.4. The van der Waals surface area contributed by atoms with E-state index in [0.717, 1.165) is 37.0 Å². The highest BCUT2D eigenvalue weighted by atomic mass is 35.5. The molecule has 3 aromatic heterocycles. The molecule has 9 rings (SSSR count). The van der Waals surface area contributed by atoms with Gasteiger partial charge in [0.25, 0.3) is 0 Å². The van der Waals surface area contributed by atoms with Crippen LogP contribution in [-0.2, 0) is 6.54 Å². The van der Waals surface area contributed by atoms with Gasteiger partial charge < -0.3 is 99.1 Å². The zero-order chi connectivity index (χ0) is 69.7. The van der Waals surface area contributed by atoms with Crippen molar-refractivity contribution < 1.29 is 60.3 Å². The van der Waals surface area contributed by atoms with E-state index in [2.05, 4.69) is 66.9 Å². The summed E-state index contributed by atoms with van der Waals surface area (Å²) in [7, 11) is 0. The number of guanidine groups is 2. The zero-order valence-corrected chi connectivity index (χ0v) is 54.2. The molecule has 1 saturated heterocycles. The fourth-order valence-corrected chi connectivity index (χ4v) is 10.3. The number of para-hydroxylation sites is 1. The minimum Gasteiger partial charge on any atom is -0.507 e. The topological polar surface area (TPSA) is 512 Å². The molecule has 96 heavy (non-hydrogen) atoms. The first-order chi connectivity index (χ1) is 46.3. The third kappa shape index (κ3) is 21.2. The van der Waals surface area contributed by atoms with Crippen molar-refractivity contribution in [1.29, 1.82) is 5.41 Å². The summed E-state index contributed by atoms with van der Waals surface area (Å²) in [4.78, 5) is 62.1. The Morgan fingerprint density at radius 1 is 0.688 bits per heavy atom. The molecule has 516 valence electrons. The summed E-state index contributed by atoms with van der Waals surface area (Å²) in [6, 6.07) is 18.2. The van der Waals surface area contributed by atoms with Crippen LogP contribution < -0.4 is 58.6 Å². The molecule has 21 N–H and O–H groups in total. The number of aromatic nitrogens is 6. The number of nitrogens with zero attached hydrogens (tertiary/aromatic N) is 12. The van der Waals surface area contributed by atoms with Crippen molar-refractivity contribution in [2.75, 3.05) is 144 Å². The molecule has 0 amide bonds. The van der Waals surface area contributed by atoms with Gasteiger partial charge in [0.2, 0.25) is 35.4 Å². The molecule has 0 saturated carbocycles. The predicted octanol–water partition coefficient (Wildman–Crippen LogP) is 1.05. The van der Waals surface area contributed by atoms with Gasteiger partial charge in [-0.15, -0.1) is 5.10 Å². The number of anilines is 5. The number of fused-ring (bicyclic) bond motifs is 4. The van der Waals surface area contributed by atoms with Gasteiger partial charge in [-0.05, 0) is 74.2 Å². The maximum Gasteiger partial charge on any atom is 0.357 e. The summed E-state index contributed by atoms with van der Waals surface area (Å²) < 4.78 is 1.63. The highest BCUT2D eigenvalue weighted by molar-refractivity contribution is 6.35. The number of benzene rings is 4. The number of hydrazone groups is 1. The van der Waals surface area contributed by atoms with Gasteiger partial charge in [0.15, 0.2) is 11.5 Å². The summed E-state index contributed by atoms with van der Waals surface area (Å²) in [5, 5.41) is 120. The average molecular weight is 1370 g/mol. The molecule has 35 heteroatoms. The standard InChI is InChI=1S/C22H28N4O6.C19H31N7O4.C15H10Cl2N2O2.C5H12N8/c27-11-9-23-5-7-25-13-1-2-14(26-8-6-24-10-12-28)18-17(13)21(31)19-15(29)3-4-16(30)20(19)22(18)32;27-10-6-25(7-11-28)18-20-14-15-16(22-18)17(24-4-2-1-3-5-24)23-19(21-15)26(8-12-29)9-13-30;16-10-6-5-9(12(17)7-10)8-19-13-4-2-1-3-11(13)14(18-19)15(20)21;1-3(11-13-5(8)9)2-10-12-4(6)7/h1-4,23-30H,5-12H2;14,27-30H,1-13H2;1-7H,8H2,(H,20,21);2H,1H3,(H4,6,7,12)(H4,8,9,13)/b;;;10-2+,11-3+. The molecule has 33 nitrogen and oxygen atoms in total. The Morgan fingerprint density at radius 3 is 1.77 bits per heavy atom. The number of aromatic carboxylic acids is 1. The zero-order valence-electron chi connectivity index (χ0n) is 52.7. The summed E-state index contributed by atoms with van der Waals surface area (Å²) in [5.74, 6) is -1.77. The summed E-state index contributed by atoms with van der Waals surface area (Å²) >= 11 is 12.0. The number of piperidine rings is 1. The van der Waals surface area contributed by atoms with E-state index in [9.17, 15) is 50.1 Å². The Kier molecular flexibility index (Phi) is 30.3. The van der Waals surface area contributed by atoms with E-state index in [1.54, 1.807) is 64.0 Å². The number of ketones is 2. The summed E-state index contributed by atoms with van der Waals surface area (Å²) in [6.07, 6.45) is 6.25. The lowest BCUT2D eigenvalue weighted by Gasteiger charge is -2.30. The van der Waals surface area contributed by atoms with E-state index in [1.807, 2.05) is 18.2 Å². The number of phenols is 2. The number of phenolic OH excluding ortho intramolecular Hbond substituents is 2. The van der Waals surface area contributed by atoms with Crippen LogP contribution in [0.4, 0.5) is 29.1 Å². The van der Waals surface area contributed by atoms with Gasteiger partial charge >= 0.3 is 5.97 Å². The molecule has 7 aromatic rings. The van der Waals surface area contributed by atoms with Crippen LogP contribution in [0.15, 0.2) is 88.2 Å². The monoisotopic (exact) mass is 1370 g/mol. The minimum absolute atomic E-state index is 0.00939. The van der Waals surface area contributed by atoms with Crippen LogP contribution in [0.3, 0.4) is 0 Å². The number of carboxylic acids is 1. The first-order valence-corrected chi connectivity index (χ1v) is 31.1. The van der Waals surface area contributed by atoms with Crippen LogP contribution in [0.25, 0.3) is 21.9 Å². The van der Waals surface area contributed by atoms with Gasteiger partial charge in [-0.3, -0.25) is 19.7 Å². The highest BCUT2D eigenvalue weighted by Gasteiger charge is 2.38. The first-order valence-electron chi connectivity index (χ1n) is 30.3. The second kappa shape index (κ2) is 38.6. The molecular formula is C61H81Cl2N21O12. The highest BCUT2D eigenvalue weighted by Crippen LogP contribution is 2.42. The molecule has 4 heterocycles. The summed E-state index contributed by atoms with van der Waals surface area (Å²) in [5.41, 5.74) is 21.1. The lowest BCUT2D eigenvalue weighted by atomic mass is 9.81. The number of hydrogen-bond acceptors (Lipinski definition) is 27. The second-order valence-corrected chi connectivity index (χ2v) is 21.8. The number of nitrogens with one attached hydrogen (secondary N) is 6. The Labute approximate surface area is 561 Å². The van der Waals surface area contributed by atoms with Crippen molar-refractivity contribution in [3.63, 3.8) is 0 Å². The minimum atomic E-state index is -1.05. The third-order valence-electron chi connectivity index (χ3n) is 14.1. The lowest BCUT2D eigenvalue weighted by molar-refractivity contribution is 0.0691. The number of halogens is 2. The van der Waals surface area contributed by atoms with E-state index in [-0.39, 0.29) is 91.0 Å². The maximum atomic E-state index is 13.4. The van der Waals surface area contributed by atoms with E-state index in [0.29, 0.717) is 133 Å². The fraction of sp³-hybridized carbons (Fsp3) is 0.377. The Bertz CT molecular complexity index is 3760. The molecule has 0 radical (unpaired) electrons. The molecule has 1 aliphatic carbocycles. The SMILES string of the molecule is CC(/C=N/NC(=N)N)=N\N=C(N)N.O=C(O)c1nn(Cc2ccc(Cl)cc2Cl)c2ccccc12.O=C1c2c(O)ccc(O)c2C(=O)c2c(NCCNCCO)ccc(NCCNCCO)c21.OCCN(CCO)c1nc(N2CCCCC2)c2nc(N(CCO)CCO)ncc2n1. The number of aromatic hydroxyl groups is 2. The molecule has 2 aliphatic rings. The largest absolute Gasteiger partial charge is 0.507 e. The van der Waals surface area contributed by atoms with Crippen molar-refractivity contribution in [2.45, 2.75) is 32.7 Å². The Balaban J connectivity index is 0.000000212. The Morgan fingerprint density at radius 2 is 1.25 bits per heavy atom. The molecule has 4 aromatic carbocycles. The first kappa shape index (κ1) is 75.3. The predicted molar refractivity (Wildman–Crippen MR) is 369 cm³/mol. The number of nitrogens with two attached hydrogens (primary N) is 3. The van der Waals surface area contributed by atoms with Gasteiger partial charge in [0, 0.05) is 105 Å². The van der Waals surface area contributed by atoms with Gasteiger partial charge in [-0.25, -0.2) is 25.2 Å². The van der Waals surface area contributed by atoms with Crippen molar-refractivity contribution >= 4 is 116 Å². The van der Waals surface area contributed by atoms with Crippen molar-refractivity contribution in [3.05, 3.63) is 116 Å². The van der Waals surface area contributed by atoms with Crippen molar-refractivity contribution in [2.24, 2.45) is 32.5 Å². The molecule has 0 spiro atoms. The molecular weight excluding hydrogens is 1290 g/mol. The number of carbonyl (C=O) groups is 3. The third-order valence-corrected chi connectivity index (χ3v) is 14.7. The Hall–Kier alpha value is -9.68. The van der Waals surface area contributed by atoms with E-state index in [4.69, 9.17) is 61.0 Å². The van der Waals surface area contributed by atoms with Crippen LogP contribution >= 0.6 is 23.2 Å². The van der Waals surface area contributed by atoms with Crippen LogP contribution in [0.2, 0.25) is 10.0 Å². The van der Waals surface area contributed by atoms with Crippen molar-refractivity contribution in [1.82, 2.24) is 45.8 Å². The number of carboxylic acid groups (broad SMARTS) is 1. The molecule has 0 unspecified atom stereocenters. The van der Waals surface area contributed by atoms with Crippen LogP contribution in [0.5, 0.6) is 11.5 Å². The number of carbonyl (C=O) groups excluding carboxylic acids is 2. The number of rotatable bonds is 29. The molecule has 1 aliphatic heterocycles. The summed E-state index contributed by atoms with van der Waals surface area (Å²) in [6.45, 7) is 7.49. The van der Waals surface area contributed by atoms with Gasteiger partial charge in [-0.1, -0.05) is 47.5 Å².